The lowest BCUT2D eigenvalue weighted by atomic mass is 10.2. The zero-order valence-corrected chi connectivity index (χ0v) is 13.6. The van der Waals surface area contributed by atoms with Crippen LogP contribution >= 0.6 is 23.7 Å². The molecule has 3 rings (SSSR count). The quantitative estimate of drug-likeness (QED) is 0.881. The molecule has 1 unspecified atom stereocenters. The van der Waals surface area contributed by atoms with Crippen molar-refractivity contribution in [3.8, 4) is 0 Å². The maximum absolute atomic E-state index is 11.8. The van der Waals surface area contributed by atoms with Gasteiger partial charge >= 0.3 is 0 Å². The molecule has 6 heteroatoms. The van der Waals surface area contributed by atoms with Crippen LogP contribution in [-0.2, 0) is 4.79 Å². The van der Waals surface area contributed by atoms with Crippen LogP contribution in [0.1, 0.15) is 43.5 Å². The van der Waals surface area contributed by atoms with E-state index in [1.807, 2.05) is 25.1 Å². The molecule has 1 atom stereocenters. The van der Waals surface area contributed by atoms with Crippen LogP contribution in [0.3, 0.4) is 0 Å². The van der Waals surface area contributed by atoms with Crippen LogP contribution in [0.4, 0.5) is 5.69 Å². The van der Waals surface area contributed by atoms with E-state index >= 15 is 0 Å². The van der Waals surface area contributed by atoms with E-state index in [1.165, 1.54) is 17.8 Å². The van der Waals surface area contributed by atoms with Crippen molar-refractivity contribution in [1.82, 2.24) is 4.98 Å². The SMILES string of the molecule is CC(N)CCC(=O)Nc1ccc2nc(C3CC3)sc2c1.Cl. The normalized spacial score (nSPS) is 15.5. The third kappa shape index (κ3) is 4.15. The zero-order chi connectivity index (χ0) is 14.1. The minimum absolute atomic E-state index is 0. The second-order valence-corrected chi connectivity index (χ2v) is 6.64. The summed E-state index contributed by atoms with van der Waals surface area (Å²) in [4.78, 5) is 16.4. The maximum Gasteiger partial charge on any atom is 0.224 e. The fourth-order valence-corrected chi connectivity index (χ4v) is 3.28. The van der Waals surface area contributed by atoms with E-state index < -0.39 is 0 Å². The largest absolute Gasteiger partial charge is 0.328 e. The van der Waals surface area contributed by atoms with Gasteiger partial charge in [0.2, 0.25) is 5.91 Å². The molecule has 1 heterocycles. The Morgan fingerprint density at radius 1 is 1.52 bits per heavy atom. The molecule has 1 aromatic carbocycles. The van der Waals surface area contributed by atoms with E-state index in [-0.39, 0.29) is 24.4 Å². The number of halogens is 1. The van der Waals surface area contributed by atoms with Gasteiger partial charge in [-0.3, -0.25) is 4.79 Å². The summed E-state index contributed by atoms with van der Waals surface area (Å²) in [7, 11) is 0. The highest BCUT2D eigenvalue weighted by molar-refractivity contribution is 7.18. The molecule has 1 aliphatic rings. The van der Waals surface area contributed by atoms with Crippen molar-refractivity contribution in [1.29, 1.82) is 0 Å². The van der Waals surface area contributed by atoms with E-state index in [9.17, 15) is 4.79 Å². The van der Waals surface area contributed by atoms with Gasteiger partial charge in [0.1, 0.15) is 0 Å². The first-order chi connectivity index (χ1) is 9.61. The molecule has 114 valence electrons. The number of nitrogens with one attached hydrogen (secondary N) is 1. The molecule has 4 nitrogen and oxygen atoms in total. The first-order valence-corrected chi connectivity index (χ1v) is 7.89. The Balaban J connectivity index is 0.00000161. The van der Waals surface area contributed by atoms with Gasteiger partial charge in [-0.2, -0.15) is 0 Å². The molecule has 3 N–H and O–H groups in total. The topological polar surface area (TPSA) is 68.0 Å². The predicted octanol–water partition coefficient (Wildman–Crippen LogP) is 3.66. The highest BCUT2D eigenvalue weighted by atomic mass is 35.5. The minimum Gasteiger partial charge on any atom is -0.328 e. The summed E-state index contributed by atoms with van der Waals surface area (Å²) in [6.07, 6.45) is 3.70. The number of anilines is 1. The van der Waals surface area contributed by atoms with Crippen LogP contribution in [0.15, 0.2) is 18.2 Å². The average Bonchev–Trinajstić information content (AvgIpc) is 3.16. The van der Waals surface area contributed by atoms with E-state index in [0.717, 1.165) is 15.9 Å². The highest BCUT2D eigenvalue weighted by Gasteiger charge is 2.26. The first kappa shape index (κ1) is 16.2. The Hall–Kier alpha value is -1.17. The monoisotopic (exact) mass is 325 g/mol. The molecule has 0 radical (unpaired) electrons. The number of hydrogen-bond donors (Lipinski definition) is 2. The van der Waals surface area contributed by atoms with Crippen molar-refractivity contribution < 1.29 is 4.79 Å². The molecule has 1 aromatic heterocycles. The van der Waals surface area contributed by atoms with Crippen molar-refractivity contribution in [3.05, 3.63) is 23.2 Å². The number of thiazole rings is 1. The van der Waals surface area contributed by atoms with Crippen LogP contribution in [0.5, 0.6) is 0 Å². The van der Waals surface area contributed by atoms with Crippen LogP contribution in [0.25, 0.3) is 10.2 Å². The molecular weight excluding hydrogens is 306 g/mol. The maximum atomic E-state index is 11.8. The van der Waals surface area contributed by atoms with Gasteiger partial charge in [-0.05, 0) is 44.4 Å². The summed E-state index contributed by atoms with van der Waals surface area (Å²) in [5.74, 6) is 0.699. The Bertz CT molecular complexity index is 637. The van der Waals surface area contributed by atoms with Gasteiger partial charge in [0.15, 0.2) is 0 Å². The van der Waals surface area contributed by atoms with E-state index in [1.54, 1.807) is 11.3 Å². The fraction of sp³-hybridized carbons (Fsp3) is 0.467. The van der Waals surface area contributed by atoms with Gasteiger partial charge < -0.3 is 11.1 Å². The minimum atomic E-state index is 0. The molecule has 2 aromatic rings. The van der Waals surface area contributed by atoms with Gasteiger partial charge in [-0.1, -0.05) is 0 Å². The lowest BCUT2D eigenvalue weighted by molar-refractivity contribution is -0.116. The number of nitrogens with zero attached hydrogens (tertiary/aromatic N) is 1. The summed E-state index contributed by atoms with van der Waals surface area (Å²) in [6, 6.07) is 5.98. The number of amides is 1. The summed E-state index contributed by atoms with van der Waals surface area (Å²) in [6.45, 7) is 1.91. The summed E-state index contributed by atoms with van der Waals surface area (Å²) < 4.78 is 1.15. The number of rotatable bonds is 5. The molecule has 0 saturated heterocycles. The lowest BCUT2D eigenvalue weighted by Crippen LogP contribution is -2.19. The number of benzene rings is 1. The zero-order valence-electron chi connectivity index (χ0n) is 12.0. The molecule has 0 spiro atoms. The van der Waals surface area contributed by atoms with Crippen LogP contribution in [0, 0.1) is 0 Å². The Morgan fingerprint density at radius 2 is 2.29 bits per heavy atom. The smallest absolute Gasteiger partial charge is 0.224 e. The summed E-state index contributed by atoms with van der Waals surface area (Å²) >= 11 is 1.74. The molecule has 1 saturated carbocycles. The van der Waals surface area contributed by atoms with Gasteiger partial charge in [0, 0.05) is 24.1 Å². The van der Waals surface area contributed by atoms with E-state index in [0.29, 0.717) is 18.8 Å². The lowest BCUT2D eigenvalue weighted by Gasteiger charge is -2.06. The third-order valence-corrected chi connectivity index (χ3v) is 4.62. The van der Waals surface area contributed by atoms with Crippen molar-refractivity contribution in [2.24, 2.45) is 5.73 Å². The third-order valence-electron chi connectivity index (χ3n) is 3.44. The van der Waals surface area contributed by atoms with E-state index in [4.69, 9.17) is 5.73 Å². The average molecular weight is 326 g/mol. The molecule has 0 aliphatic heterocycles. The van der Waals surface area contributed by atoms with Gasteiger partial charge in [0.05, 0.1) is 15.2 Å². The standard InChI is InChI=1S/C15H19N3OS.ClH/c1-9(16)2-7-14(19)17-11-5-6-12-13(8-11)20-15(18-12)10-3-4-10;/h5-6,8-10H,2-4,7,16H2,1H3,(H,17,19);1H. The van der Waals surface area contributed by atoms with Crippen LogP contribution < -0.4 is 11.1 Å². The molecule has 21 heavy (non-hydrogen) atoms. The number of carbonyl (C=O) groups excluding carboxylic acids is 1. The van der Waals surface area contributed by atoms with Crippen molar-refractivity contribution in [2.45, 2.75) is 44.6 Å². The second-order valence-electron chi connectivity index (χ2n) is 5.57. The highest BCUT2D eigenvalue weighted by Crippen LogP contribution is 2.43. The van der Waals surface area contributed by atoms with Crippen LogP contribution in [-0.4, -0.2) is 16.9 Å². The summed E-state index contributed by atoms with van der Waals surface area (Å²) in [5.41, 5.74) is 7.54. The molecule has 1 amide bonds. The predicted molar refractivity (Wildman–Crippen MR) is 90.4 cm³/mol. The number of fused-ring (bicyclic) bond motifs is 1. The van der Waals surface area contributed by atoms with Gasteiger partial charge in [-0.15, -0.1) is 23.7 Å². The first-order valence-electron chi connectivity index (χ1n) is 7.08. The molecule has 0 bridgehead atoms. The van der Waals surface area contributed by atoms with Gasteiger partial charge in [-0.25, -0.2) is 4.98 Å². The molecular formula is C15H20ClN3OS. The second kappa shape index (κ2) is 6.73. The Labute approximate surface area is 134 Å². The number of hydrogen-bond acceptors (Lipinski definition) is 4. The number of carbonyl (C=O) groups is 1. The van der Waals surface area contributed by atoms with Crippen LogP contribution in [0.2, 0.25) is 0 Å². The van der Waals surface area contributed by atoms with Crippen molar-refractivity contribution in [3.63, 3.8) is 0 Å². The Morgan fingerprint density at radius 3 is 2.95 bits per heavy atom. The Kier molecular flexibility index (Phi) is 5.19. The molecule has 1 aliphatic carbocycles. The molecule has 1 fully saturated rings. The van der Waals surface area contributed by atoms with E-state index in [2.05, 4.69) is 10.3 Å². The summed E-state index contributed by atoms with van der Waals surface area (Å²) in [5, 5.41) is 4.16. The number of aromatic nitrogens is 1. The number of nitrogens with two attached hydrogens (primary N) is 1. The van der Waals surface area contributed by atoms with Crippen molar-refractivity contribution in [2.75, 3.05) is 5.32 Å². The fourth-order valence-electron chi connectivity index (χ4n) is 2.11. The van der Waals surface area contributed by atoms with Crippen molar-refractivity contribution >= 4 is 45.6 Å². The van der Waals surface area contributed by atoms with Gasteiger partial charge in [0.25, 0.3) is 0 Å².